The normalized spacial score (nSPS) is 15.0. The number of thioether (sulfide) groups is 1. The lowest BCUT2D eigenvalue weighted by Crippen LogP contribution is -2.29. The molecule has 1 saturated heterocycles. The van der Waals surface area contributed by atoms with Crippen molar-refractivity contribution in [3.8, 4) is 11.5 Å². The van der Waals surface area contributed by atoms with Gasteiger partial charge in [-0.15, -0.1) is 0 Å². The first kappa shape index (κ1) is 25.7. The molecule has 31 heavy (non-hydrogen) atoms. The van der Waals surface area contributed by atoms with Crippen LogP contribution in [0, 0.1) is 0 Å². The Bertz CT molecular complexity index is 843. The van der Waals surface area contributed by atoms with Gasteiger partial charge in [0.25, 0.3) is 5.91 Å². The van der Waals surface area contributed by atoms with Gasteiger partial charge in [0.1, 0.15) is 4.32 Å². The predicted molar refractivity (Wildman–Crippen MR) is 131 cm³/mol. The number of amides is 1. The quantitative estimate of drug-likeness (QED) is 0.152. The van der Waals surface area contributed by atoms with Gasteiger partial charge in [-0.2, -0.15) is 0 Å². The highest BCUT2D eigenvalue weighted by molar-refractivity contribution is 9.10. The predicted octanol–water partition coefficient (Wildman–Crippen LogP) is 5.57. The number of hydrogen-bond acceptors (Lipinski definition) is 7. The van der Waals surface area contributed by atoms with Crippen LogP contribution in [0.5, 0.6) is 11.5 Å². The number of unbranched alkanes of at least 4 members (excludes halogenated alkanes) is 2. The Hall–Kier alpha value is -1.58. The zero-order valence-corrected chi connectivity index (χ0v) is 21.3. The number of ether oxygens (including phenoxy) is 3. The maximum Gasteiger partial charge on any atom is 0.305 e. The molecule has 0 aromatic heterocycles. The summed E-state index contributed by atoms with van der Waals surface area (Å²) in [4.78, 5) is 26.4. The highest BCUT2D eigenvalue weighted by Gasteiger charge is 2.31. The smallest absolute Gasteiger partial charge is 0.305 e. The number of rotatable bonds is 12. The fourth-order valence-corrected chi connectivity index (χ4v) is 4.84. The third kappa shape index (κ3) is 7.50. The lowest BCUT2D eigenvalue weighted by molar-refractivity contribution is -0.143. The number of halogens is 1. The van der Waals surface area contributed by atoms with E-state index < -0.39 is 0 Å². The largest absolute Gasteiger partial charge is 0.493 e. The van der Waals surface area contributed by atoms with Crippen molar-refractivity contribution >= 4 is 62.2 Å². The Labute approximate surface area is 201 Å². The molecule has 2 rings (SSSR count). The van der Waals surface area contributed by atoms with E-state index in [1.807, 2.05) is 25.1 Å². The standard InChI is InChI=1S/C22H28BrNO5S2/c1-4-11-29-20-16(23)12-15(13-17(20)27-3)14-18-21(26)24(22(30)31-18)10-8-6-7-9-19(25)28-5-2/h12-14H,4-11H2,1-3H3/b18-14-. The van der Waals surface area contributed by atoms with Crippen LogP contribution in [0.2, 0.25) is 0 Å². The number of benzene rings is 1. The van der Waals surface area contributed by atoms with Gasteiger partial charge in [0, 0.05) is 13.0 Å². The summed E-state index contributed by atoms with van der Waals surface area (Å²) in [5, 5.41) is 0. The van der Waals surface area contributed by atoms with Crippen LogP contribution in [-0.4, -0.2) is 48.0 Å². The molecule has 0 radical (unpaired) electrons. The van der Waals surface area contributed by atoms with Gasteiger partial charge in [0.05, 0.1) is 29.7 Å². The van der Waals surface area contributed by atoms with Crippen molar-refractivity contribution in [1.29, 1.82) is 0 Å². The number of thiocarbonyl (C=S) groups is 1. The van der Waals surface area contributed by atoms with E-state index in [2.05, 4.69) is 15.9 Å². The molecule has 0 spiro atoms. The fraction of sp³-hybridized carbons (Fsp3) is 0.500. The summed E-state index contributed by atoms with van der Waals surface area (Å²) in [6.45, 7) is 5.37. The van der Waals surface area contributed by atoms with Gasteiger partial charge in [-0.05, 0) is 65.9 Å². The minimum absolute atomic E-state index is 0.0956. The van der Waals surface area contributed by atoms with Crippen molar-refractivity contribution in [3.05, 3.63) is 27.1 Å². The zero-order valence-electron chi connectivity index (χ0n) is 18.1. The van der Waals surface area contributed by atoms with E-state index in [9.17, 15) is 9.59 Å². The average molecular weight is 531 g/mol. The number of carbonyl (C=O) groups excluding carboxylic acids is 2. The summed E-state index contributed by atoms with van der Waals surface area (Å²) in [6.07, 6.45) is 5.46. The van der Waals surface area contributed by atoms with Crippen LogP contribution in [0.25, 0.3) is 6.08 Å². The lowest BCUT2D eigenvalue weighted by atomic mass is 10.1. The fourth-order valence-electron chi connectivity index (χ4n) is 2.96. The second-order valence-electron chi connectivity index (χ2n) is 6.83. The summed E-state index contributed by atoms with van der Waals surface area (Å²) >= 11 is 10.2. The number of methoxy groups -OCH3 is 1. The number of hydrogen-bond donors (Lipinski definition) is 0. The van der Waals surface area contributed by atoms with Crippen molar-refractivity contribution in [2.45, 2.75) is 46.0 Å². The van der Waals surface area contributed by atoms with E-state index in [0.717, 1.165) is 35.7 Å². The van der Waals surface area contributed by atoms with Crippen LogP contribution in [0.1, 0.15) is 51.5 Å². The van der Waals surface area contributed by atoms with E-state index >= 15 is 0 Å². The van der Waals surface area contributed by atoms with Crippen LogP contribution in [0.15, 0.2) is 21.5 Å². The summed E-state index contributed by atoms with van der Waals surface area (Å²) < 4.78 is 17.5. The molecule has 0 saturated carbocycles. The van der Waals surface area contributed by atoms with Gasteiger partial charge in [-0.3, -0.25) is 14.5 Å². The Kier molecular flexibility index (Phi) is 10.8. The SMILES string of the molecule is CCCOc1c(Br)cc(/C=C2\SC(=S)N(CCCCCC(=O)OCC)C2=O)cc1OC. The van der Waals surface area contributed by atoms with E-state index in [-0.39, 0.29) is 11.9 Å². The second-order valence-corrected chi connectivity index (χ2v) is 9.36. The monoisotopic (exact) mass is 529 g/mol. The van der Waals surface area contributed by atoms with Gasteiger partial charge in [0.2, 0.25) is 0 Å². The molecule has 0 bridgehead atoms. The molecule has 9 heteroatoms. The topological polar surface area (TPSA) is 65.1 Å². The van der Waals surface area contributed by atoms with Crippen molar-refractivity contribution in [2.24, 2.45) is 0 Å². The Morgan fingerprint density at radius 1 is 1.26 bits per heavy atom. The molecule has 1 aliphatic heterocycles. The molecule has 170 valence electrons. The van der Waals surface area contributed by atoms with Gasteiger partial charge in [0.15, 0.2) is 11.5 Å². The van der Waals surface area contributed by atoms with Gasteiger partial charge in [-0.25, -0.2) is 0 Å². The van der Waals surface area contributed by atoms with E-state index in [1.54, 1.807) is 18.9 Å². The van der Waals surface area contributed by atoms with E-state index in [0.29, 0.717) is 46.9 Å². The number of nitrogens with zero attached hydrogens (tertiary/aromatic N) is 1. The highest BCUT2D eigenvalue weighted by Crippen LogP contribution is 2.39. The van der Waals surface area contributed by atoms with Crippen LogP contribution < -0.4 is 9.47 Å². The average Bonchev–Trinajstić information content (AvgIpc) is 2.99. The number of carbonyl (C=O) groups is 2. The molecule has 1 aliphatic rings. The Balaban J connectivity index is 2.00. The maximum absolute atomic E-state index is 12.8. The molecule has 0 aliphatic carbocycles. The first-order valence-corrected chi connectivity index (χ1v) is 12.3. The van der Waals surface area contributed by atoms with Crippen LogP contribution >= 0.6 is 39.9 Å². The third-order valence-corrected chi connectivity index (χ3v) is 6.41. The van der Waals surface area contributed by atoms with Gasteiger partial charge < -0.3 is 14.2 Å². The lowest BCUT2D eigenvalue weighted by Gasteiger charge is -2.14. The van der Waals surface area contributed by atoms with Crippen molar-refractivity contribution < 1.29 is 23.8 Å². The van der Waals surface area contributed by atoms with Gasteiger partial charge >= 0.3 is 5.97 Å². The zero-order chi connectivity index (χ0) is 22.8. The Morgan fingerprint density at radius 2 is 2.03 bits per heavy atom. The maximum atomic E-state index is 12.8. The van der Waals surface area contributed by atoms with Crippen LogP contribution in [-0.2, 0) is 14.3 Å². The van der Waals surface area contributed by atoms with E-state index in [4.69, 9.17) is 26.4 Å². The van der Waals surface area contributed by atoms with E-state index in [1.165, 1.54) is 11.8 Å². The third-order valence-electron chi connectivity index (χ3n) is 4.44. The molecule has 1 fully saturated rings. The summed E-state index contributed by atoms with van der Waals surface area (Å²) in [6, 6.07) is 3.74. The molecule has 1 heterocycles. The minimum Gasteiger partial charge on any atom is -0.493 e. The molecule has 0 unspecified atom stereocenters. The van der Waals surface area contributed by atoms with Crippen molar-refractivity contribution in [3.63, 3.8) is 0 Å². The first-order chi connectivity index (χ1) is 14.9. The van der Waals surface area contributed by atoms with Crippen molar-refractivity contribution in [2.75, 3.05) is 26.9 Å². The first-order valence-electron chi connectivity index (χ1n) is 10.3. The minimum atomic E-state index is -0.177. The van der Waals surface area contributed by atoms with Crippen LogP contribution in [0.4, 0.5) is 0 Å². The molecular formula is C22H28BrNO5S2. The van der Waals surface area contributed by atoms with Gasteiger partial charge in [-0.1, -0.05) is 37.3 Å². The highest BCUT2D eigenvalue weighted by atomic mass is 79.9. The molecule has 1 aromatic carbocycles. The second kappa shape index (κ2) is 13.1. The summed E-state index contributed by atoms with van der Waals surface area (Å²) in [7, 11) is 1.59. The summed E-state index contributed by atoms with van der Waals surface area (Å²) in [5.41, 5.74) is 0.822. The molecule has 6 nitrogen and oxygen atoms in total. The molecular weight excluding hydrogens is 502 g/mol. The molecule has 0 atom stereocenters. The molecule has 0 N–H and O–H groups in total. The number of esters is 1. The molecule has 1 amide bonds. The van der Waals surface area contributed by atoms with Crippen molar-refractivity contribution in [1.82, 2.24) is 4.90 Å². The summed E-state index contributed by atoms with van der Waals surface area (Å²) in [5.74, 6) is 0.980. The van der Waals surface area contributed by atoms with Crippen LogP contribution in [0.3, 0.4) is 0 Å². The Morgan fingerprint density at radius 3 is 2.71 bits per heavy atom. The molecule has 1 aromatic rings.